The molecule has 0 aromatic heterocycles. The lowest BCUT2D eigenvalue weighted by Crippen LogP contribution is -2.20. The molecule has 17 heavy (non-hydrogen) atoms. The summed E-state index contributed by atoms with van der Waals surface area (Å²) in [4.78, 5) is 0. The van der Waals surface area contributed by atoms with E-state index in [0.29, 0.717) is 0 Å². The average Bonchev–Trinajstić information content (AvgIpc) is 2.80. The van der Waals surface area contributed by atoms with Crippen molar-refractivity contribution in [3.63, 3.8) is 0 Å². The lowest BCUT2D eigenvalue weighted by atomic mass is 9.83. The summed E-state index contributed by atoms with van der Waals surface area (Å²) in [5.74, 6) is -0.467. The van der Waals surface area contributed by atoms with E-state index in [4.69, 9.17) is 0 Å². The molecule has 0 radical (unpaired) electrons. The van der Waals surface area contributed by atoms with Crippen molar-refractivity contribution in [2.45, 2.75) is 57.8 Å². The Bertz CT molecular complexity index is 230. The second-order valence-corrected chi connectivity index (χ2v) is 5.16. The molecule has 0 aromatic carbocycles. The summed E-state index contributed by atoms with van der Waals surface area (Å²) >= 11 is 0. The van der Waals surface area contributed by atoms with Crippen LogP contribution in [0.15, 0.2) is 0 Å². The van der Waals surface area contributed by atoms with Gasteiger partial charge in [0.2, 0.25) is 0 Å². The van der Waals surface area contributed by atoms with Crippen molar-refractivity contribution in [3.8, 4) is 0 Å². The van der Waals surface area contributed by atoms with Crippen molar-refractivity contribution in [2.24, 2.45) is 11.3 Å². The fourth-order valence-electron chi connectivity index (χ4n) is 2.12. The molecule has 0 bridgehead atoms. The first-order valence-corrected chi connectivity index (χ1v) is 5.65. The van der Waals surface area contributed by atoms with E-state index in [9.17, 15) is 26.3 Å². The van der Waals surface area contributed by atoms with Crippen LogP contribution in [0.3, 0.4) is 0 Å². The molecule has 1 aliphatic rings. The monoisotopic (exact) mass is 262 g/mol. The van der Waals surface area contributed by atoms with Gasteiger partial charge in [-0.2, -0.15) is 26.3 Å². The second kappa shape index (κ2) is 4.69. The number of rotatable bonds is 5. The molecule has 0 spiro atoms. The third-order valence-corrected chi connectivity index (χ3v) is 3.58. The van der Waals surface area contributed by atoms with Crippen LogP contribution in [-0.4, -0.2) is 12.4 Å². The van der Waals surface area contributed by atoms with Crippen molar-refractivity contribution in [1.29, 1.82) is 0 Å². The van der Waals surface area contributed by atoms with Crippen LogP contribution in [0.25, 0.3) is 0 Å². The summed E-state index contributed by atoms with van der Waals surface area (Å²) in [6.07, 6.45) is -9.40. The highest BCUT2D eigenvalue weighted by Crippen LogP contribution is 2.55. The van der Waals surface area contributed by atoms with Gasteiger partial charge < -0.3 is 0 Å². The lowest BCUT2D eigenvalue weighted by Gasteiger charge is -2.24. The van der Waals surface area contributed by atoms with Gasteiger partial charge in [0, 0.05) is 12.8 Å². The van der Waals surface area contributed by atoms with Gasteiger partial charge in [0.1, 0.15) is 0 Å². The Kier molecular flexibility index (Phi) is 4.04. The second-order valence-electron chi connectivity index (χ2n) is 5.16. The number of alkyl halides is 6. The third kappa shape index (κ3) is 5.64. The van der Waals surface area contributed by atoms with E-state index in [0.717, 1.165) is 12.8 Å². The molecular formula is C11H16F6. The molecule has 0 heterocycles. The summed E-state index contributed by atoms with van der Waals surface area (Å²) < 4.78 is 72.5. The zero-order chi connectivity index (χ0) is 13.3. The van der Waals surface area contributed by atoms with Crippen molar-refractivity contribution < 1.29 is 26.3 Å². The van der Waals surface area contributed by atoms with Crippen LogP contribution in [0.2, 0.25) is 0 Å². The van der Waals surface area contributed by atoms with Gasteiger partial charge in [-0.15, -0.1) is 0 Å². The highest BCUT2D eigenvalue weighted by atomic mass is 19.4. The Morgan fingerprint density at radius 3 is 1.47 bits per heavy atom. The zero-order valence-electron chi connectivity index (χ0n) is 9.59. The minimum absolute atomic E-state index is 0.184. The van der Waals surface area contributed by atoms with E-state index < -0.39 is 31.1 Å². The minimum Gasteiger partial charge on any atom is -0.171 e. The maximum atomic E-state index is 12.1. The molecule has 0 aromatic rings. The van der Waals surface area contributed by atoms with Crippen LogP contribution in [0.5, 0.6) is 0 Å². The van der Waals surface area contributed by atoms with Crippen molar-refractivity contribution in [3.05, 3.63) is 0 Å². The van der Waals surface area contributed by atoms with Crippen molar-refractivity contribution in [2.75, 3.05) is 0 Å². The van der Waals surface area contributed by atoms with Gasteiger partial charge in [0.05, 0.1) is 0 Å². The Balaban J connectivity index is 2.45. The predicted molar refractivity (Wildman–Crippen MR) is 51.4 cm³/mol. The van der Waals surface area contributed by atoms with Crippen LogP contribution in [-0.2, 0) is 0 Å². The van der Waals surface area contributed by atoms with E-state index >= 15 is 0 Å². The van der Waals surface area contributed by atoms with Crippen LogP contribution >= 0.6 is 0 Å². The zero-order valence-corrected chi connectivity index (χ0v) is 9.59. The number of hydrogen-bond donors (Lipinski definition) is 0. The Morgan fingerprint density at radius 2 is 1.24 bits per heavy atom. The molecule has 0 atom stereocenters. The number of hydrogen-bond acceptors (Lipinski definition) is 0. The fraction of sp³-hybridized carbons (Fsp3) is 1.00. The molecule has 1 rings (SSSR count). The van der Waals surface area contributed by atoms with Gasteiger partial charge in [0.25, 0.3) is 0 Å². The summed E-state index contributed by atoms with van der Waals surface area (Å²) in [5.41, 5.74) is -0.295. The Hall–Kier alpha value is -0.420. The SMILES string of the molecule is CC1(C(CCC(F)(F)F)CCC(F)(F)F)CC1. The van der Waals surface area contributed by atoms with E-state index in [2.05, 4.69) is 0 Å². The molecule has 0 aliphatic heterocycles. The third-order valence-electron chi connectivity index (χ3n) is 3.58. The quantitative estimate of drug-likeness (QED) is 0.605. The molecule has 0 saturated heterocycles. The first-order chi connectivity index (χ1) is 7.52. The van der Waals surface area contributed by atoms with Crippen LogP contribution in [0, 0.1) is 11.3 Å². The number of halogens is 6. The standard InChI is InChI=1S/C11H16F6/c1-9(6-7-9)8(2-4-10(12,13)14)3-5-11(15,16)17/h8H,2-7H2,1H3. The topological polar surface area (TPSA) is 0 Å². The van der Waals surface area contributed by atoms with Gasteiger partial charge in [-0.3, -0.25) is 0 Å². The molecular weight excluding hydrogens is 246 g/mol. The van der Waals surface area contributed by atoms with Crippen LogP contribution in [0.1, 0.15) is 45.4 Å². The molecule has 0 N–H and O–H groups in total. The maximum absolute atomic E-state index is 12.1. The van der Waals surface area contributed by atoms with E-state index in [-0.39, 0.29) is 18.3 Å². The highest BCUT2D eigenvalue weighted by Gasteiger charge is 2.46. The predicted octanol–water partition coefficient (Wildman–Crippen LogP) is 5.09. The highest BCUT2D eigenvalue weighted by molar-refractivity contribution is 4.94. The summed E-state index contributed by atoms with van der Waals surface area (Å²) in [5, 5.41) is 0. The molecule has 1 saturated carbocycles. The van der Waals surface area contributed by atoms with Crippen LogP contribution in [0.4, 0.5) is 26.3 Å². The van der Waals surface area contributed by atoms with Gasteiger partial charge in [-0.25, -0.2) is 0 Å². The molecule has 6 heteroatoms. The smallest absolute Gasteiger partial charge is 0.171 e. The van der Waals surface area contributed by atoms with E-state index in [1.807, 2.05) is 0 Å². The van der Waals surface area contributed by atoms with Crippen LogP contribution < -0.4 is 0 Å². The largest absolute Gasteiger partial charge is 0.389 e. The fourth-order valence-corrected chi connectivity index (χ4v) is 2.12. The van der Waals surface area contributed by atoms with Gasteiger partial charge >= 0.3 is 12.4 Å². The first kappa shape index (κ1) is 14.6. The molecule has 1 fully saturated rings. The van der Waals surface area contributed by atoms with E-state index in [1.165, 1.54) is 0 Å². The van der Waals surface area contributed by atoms with Gasteiger partial charge in [-0.1, -0.05) is 6.92 Å². The molecule has 0 amide bonds. The maximum Gasteiger partial charge on any atom is 0.389 e. The molecule has 0 nitrogen and oxygen atoms in total. The molecule has 0 unspecified atom stereocenters. The Morgan fingerprint density at radius 1 is 0.882 bits per heavy atom. The molecule has 1 aliphatic carbocycles. The summed E-state index contributed by atoms with van der Waals surface area (Å²) in [7, 11) is 0. The normalized spacial score (nSPS) is 19.8. The first-order valence-electron chi connectivity index (χ1n) is 5.65. The lowest BCUT2D eigenvalue weighted by molar-refractivity contribution is -0.145. The molecule has 102 valence electrons. The van der Waals surface area contributed by atoms with Gasteiger partial charge in [-0.05, 0) is 37.0 Å². The summed E-state index contributed by atoms with van der Waals surface area (Å²) in [6, 6.07) is 0. The van der Waals surface area contributed by atoms with Crippen molar-refractivity contribution >= 4 is 0 Å². The Labute approximate surface area is 96.4 Å². The minimum atomic E-state index is -4.28. The van der Waals surface area contributed by atoms with E-state index in [1.54, 1.807) is 6.92 Å². The van der Waals surface area contributed by atoms with Crippen molar-refractivity contribution in [1.82, 2.24) is 0 Å². The summed E-state index contributed by atoms with van der Waals surface area (Å²) in [6.45, 7) is 1.78. The van der Waals surface area contributed by atoms with Gasteiger partial charge in [0.15, 0.2) is 0 Å². The average molecular weight is 262 g/mol.